The Bertz CT molecular complexity index is 637. The van der Waals surface area contributed by atoms with Crippen LogP contribution in [0.15, 0.2) is 24.4 Å². The van der Waals surface area contributed by atoms with Gasteiger partial charge in [-0.25, -0.2) is 4.98 Å². The number of nitrogens with one attached hydrogen (secondary N) is 2. The highest BCUT2D eigenvalue weighted by atomic mass is 19.4. The van der Waals surface area contributed by atoms with Gasteiger partial charge in [-0.05, 0) is 18.6 Å². The number of rotatable bonds is 5. The molecule has 2 aromatic heterocycles. The van der Waals surface area contributed by atoms with E-state index in [0.29, 0.717) is 12.1 Å². The molecule has 0 spiro atoms. The standard InChI is InChI=1S/C13H13F3N4O2/c1-2-8-5-10(20-19-8)12(21)18-9-3-4-11(17-6-9)22-7-13(14,15)16/h3-6H,2,7H2,1H3,(H,18,21)(H,19,20). The number of hydrogen-bond acceptors (Lipinski definition) is 4. The van der Waals surface area contributed by atoms with Gasteiger partial charge in [0.15, 0.2) is 12.3 Å². The number of H-pyrrole nitrogens is 1. The fourth-order valence-electron chi connectivity index (χ4n) is 1.55. The van der Waals surface area contributed by atoms with Gasteiger partial charge in [-0.15, -0.1) is 0 Å². The molecule has 2 rings (SSSR count). The molecule has 9 heteroatoms. The van der Waals surface area contributed by atoms with Crippen molar-refractivity contribution in [3.8, 4) is 5.88 Å². The van der Waals surface area contributed by atoms with Gasteiger partial charge in [0.25, 0.3) is 5.91 Å². The zero-order valence-electron chi connectivity index (χ0n) is 11.6. The first-order valence-electron chi connectivity index (χ1n) is 6.38. The molecule has 0 saturated heterocycles. The van der Waals surface area contributed by atoms with Crippen molar-refractivity contribution in [1.82, 2.24) is 15.2 Å². The molecule has 0 aliphatic heterocycles. The molecule has 0 bridgehead atoms. The highest BCUT2D eigenvalue weighted by Crippen LogP contribution is 2.18. The predicted molar refractivity (Wildman–Crippen MR) is 71.7 cm³/mol. The normalized spacial score (nSPS) is 11.3. The fraction of sp³-hybridized carbons (Fsp3) is 0.308. The van der Waals surface area contributed by atoms with Crippen molar-refractivity contribution < 1.29 is 22.7 Å². The van der Waals surface area contributed by atoms with Crippen LogP contribution in [0.5, 0.6) is 5.88 Å². The van der Waals surface area contributed by atoms with Crippen molar-refractivity contribution in [3.05, 3.63) is 35.8 Å². The van der Waals surface area contributed by atoms with Crippen LogP contribution in [0.3, 0.4) is 0 Å². The van der Waals surface area contributed by atoms with Crippen LogP contribution >= 0.6 is 0 Å². The van der Waals surface area contributed by atoms with Crippen molar-refractivity contribution in [3.63, 3.8) is 0 Å². The maximum Gasteiger partial charge on any atom is 0.422 e. The van der Waals surface area contributed by atoms with Crippen LogP contribution in [0.25, 0.3) is 0 Å². The Morgan fingerprint density at radius 2 is 2.18 bits per heavy atom. The Morgan fingerprint density at radius 1 is 1.41 bits per heavy atom. The Labute approximate surface area is 123 Å². The second-order valence-corrected chi connectivity index (χ2v) is 4.38. The third-order valence-corrected chi connectivity index (χ3v) is 2.62. The maximum absolute atomic E-state index is 12.0. The second-order valence-electron chi connectivity index (χ2n) is 4.38. The molecule has 0 unspecified atom stereocenters. The van der Waals surface area contributed by atoms with Crippen molar-refractivity contribution in [1.29, 1.82) is 0 Å². The second kappa shape index (κ2) is 6.46. The Morgan fingerprint density at radius 3 is 2.73 bits per heavy atom. The zero-order valence-corrected chi connectivity index (χ0v) is 11.6. The van der Waals surface area contributed by atoms with Gasteiger partial charge in [-0.2, -0.15) is 18.3 Å². The quantitative estimate of drug-likeness (QED) is 0.889. The third-order valence-electron chi connectivity index (χ3n) is 2.62. The molecule has 2 aromatic rings. The van der Waals surface area contributed by atoms with E-state index in [-0.39, 0.29) is 11.6 Å². The van der Waals surface area contributed by atoms with Crippen LogP contribution in [-0.2, 0) is 6.42 Å². The van der Waals surface area contributed by atoms with Gasteiger partial charge in [0.2, 0.25) is 5.88 Å². The first kappa shape index (κ1) is 15.8. The molecule has 0 radical (unpaired) electrons. The number of halogens is 3. The number of anilines is 1. The van der Waals surface area contributed by atoms with Crippen LogP contribution in [0, 0.1) is 0 Å². The van der Waals surface area contributed by atoms with Crippen LogP contribution in [0.1, 0.15) is 23.1 Å². The van der Waals surface area contributed by atoms with Gasteiger partial charge in [0.1, 0.15) is 0 Å². The van der Waals surface area contributed by atoms with Crippen molar-refractivity contribution in [2.75, 3.05) is 11.9 Å². The molecule has 1 amide bonds. The summed E-state index contributed by atoms with van der Waals surface area (Å²) in [5, 5.41) is 9.09. The molecule has 2 N–H and O–H groups in total. The number of nitrogens with zero attached hydrogens (tertiary/aromatic N) is 2. The summed E-state index contributed by atoms with van der Waals surface area (Å²) >= 11 is 0. The Kier molecular flexibility index (Phi) is 4.64. The lowest BCUT2D eigenvalue weighted by Gasteiger charge is -2.08. The van der Waals surface area contributed by atoms with E-state index in [2.05, 4.69) is 25.2 Å². The van der Waals surface area contributed by atoms with Gasteiger partial charge in [0, 0.05) is 11.8 Å². The van der Waals surface area contributed by atoms with E-state index in [0.717, 1.165) is 5.69 Å². The number of ether oxygens (including phenoxy) is 1. The minimum absolute atomic E-state index is 0.177. The average Bonchev–Trinajstić information content (AvgIpc) is 2.95. The van der Waals surface area contributed by atoms with Crippen LogP contribution in [-0.4, -0.2) is 33.9 Å². The molecular formula is C13H13F3N4O2. The first-order chi connectivity index (χ1) is 10.4. The van der Waals surface area contributed by atoms with Crippen LogP contribution in [0.2, 0.25) is 0 Å². The van der Waals surface area contributed by atoms with Crippen LogP contribution in [0.4, 0.5) is 18.9 Å². The summed E-state index contributed by atoms with van der Waals surface area (Å²) < 4.78 is 40.4. The van der Waals surface area contributed by atoms with Gasteiger partial charge in [-0.1, -0.05) is 6.92 Å². The van der Waals surface area contributed by atoms with E-state index in [4.69, 9.17) is 0 Å². The van der Waals surface area contributed by atoms with E-state index >= 15 is 0 Å². The van der Waals surface area contributed by atoms with Gasteiger partial charge in [-0.3, -0.25) is 9.89 Å². The molecule has 2 heterocycles. The molecule has 22 heavy (non-hydrogen) atoms. The van der Waals surface area contributed by atoms with Crippen molar-refractivity contribution >= 4 is 11.6 Å². The first-order valence-corrected chi connectivity index (χ1v) is 6.38. The number of carbonyl (C=O) groups excluding carboxylic acids is 1. The summed E-state index contributed by atoms with van der Waals surface area (Å²) in [6.45, 7) is 0.498. The van der Waals surface area contributed by atoms with E-state index < -0.39 is 18.7 Å². The number of aryl methyl sites for hydroxylation is 1. The van der Waals surface area contributed by atoms with E-state index in [9.17, 15) is 18.0 Å². The van der Waals surface area contributed by atoms with E-state index in [1.807, 2.05) is 6.92 Å². The lowest BCUT2D eigenvalue weighted by molar-refractivity contribution is -0.154. The average molecular weight is 314 g/mol. The zero-order chi connectivity index (χ0) is 16.2. The Hall–Kier alpha value is -2.58. The largest absolute Gasteiger partial charge is 0.468 e. The van der Waals surface area contributed by atoms with Crippen molar-refractivity contribution in [2.24, 2.45) is 0 Å². The molecule has 0 atom stereocenters. The monoisotopic (exact) mass is 314 g/mol. The van der Waals surface area contributed by atoms with E-state index in [1.54, 1.807) is 6.07 Å². The summed E-state index contributed by atoms with van der Waals surface area (Å²) in [6.07, 6.45) is -2.50. The maximum atomic E-state index is 12.0. The van der Waals surface area contributed by atoms with E-state index in [1.165, 1.54) is 18.3 Å². The number of aromatic amines is 1. The topological polar surface area (TPSA) is 79.9 Å². The summed E-state index contributed by atoms with van der Waals surface area (Å²) in [5.41, 5.74) is 1.36. The molecule has 0 aromatic carbocycles. The SMILES string of the molecule is CCc1cc(C(=O)Nc2ccc(OCC(F)(F)F)nc2)n[nH]1. The molecule has 0 saturated carbocycles. The van der Waals surface area contributed by atoms with Crippen LogP contribution < -0.4 is 10.1 Å². The summed E-state index contributed by atoms with van der Waals surface area (Å²) in [7, 11) is 0. The number of aromatic nitrogens is 3. The highest BCUT2D eigenvalue weighted by molar-refractivity contribution is 6.02. The fourth-order valence-corrected chi connectivity index (χ4v) is 1.55. The van der Waals surface area contributed by atoms with Gasteiger partial charge >= 0.3 is 6.18 Å². The summed E-state index contributed by atoms with van der Waals surface area (Å²) in [4.78, 5) is 15.6. The number of hydrogen-bond donors (Lipinski definition) is 2. The predicted octanol–water partition coefficient (Wildman–Crippen LogP) is 2.56. The van der Waals surface area contributed by atoms with Gasteiger partial charge < -0.3 is 10.1 Å². The number of pyridine rings is 1. The third kappa shape index (κ3) is 4.47. The number of carbonyl (C=O) groups is 1. The number of amides is 1. The smallest absolute Gasteiger partial charge is 0.422 e. The molecular weight excluding hydrogens is 301 g/mol. The molecule has 0 aliphatic rings. The molecule has 6 nitrogen and oxygen atoms in total. The molecule has 118 valence electrons. The molecule has 0 fully saturated rings. The van der Waals surface area contributed by atoms with Crippen molar-refractivity contribution in [2.45, 2.75) is 19.5 Å². The minimum atomic E-state index is -4.43. The molecule has 0 aliphatic carbocycles. The lowest BCUT2D eigenvalue weighted by atomic mass is 10.3. The van der Waals surface area contributed by atoms with Gasteiger partial charge in [0.05, 0.1) is 11.9 Å². The Balaban J connectivity index is 1.94. The number of alkyl halides is 3. The summed E-state index contributed by atoms with van der Waals surface area (Å²) in [6, 6.07) is 4.25. The highest BCUT2D eigenvalue weighted by Gasteiger charge is 2.28. The lowest BCUT2D eigenvalue weighted by Crippen LogP contribution is -2.19. The summed E-state index contributed by atoms with van der Waals surface area (Å²) in [5.74, 6) is -0.620. The minimum Gasteiger partial charge on any atom is -0.468 e.